The summed E-state index contributed by atoms with van der Waals surface area (Å²) in [6, 6.07) is 10.8. The van der Waals surface area contributed by atoms with Crippen molar-refractivity contribution in [2.24, 2.45) is 5.14 Å². The summed E-state index contributed by atoms with van der Waals surface area (Å²) in [5.41, 5.74) is 0.314. The Hall–Kier alpha value is -3.22. The molecule has 1 amide bonds. The first kappa shape index (κ1) is 19.1. The molecular formula is C17H14FN3O4S. The molecule has 0 aromatic heterocycles. The molecule has 2 rings (SSSR count). The maximum Gasteiger partial charge on any atom is 0.266 e. The standard InChI is InChI=1S/C17H14FN3O4S/c1-25-16-7-2-11(9-15(16)18)8-12(10-19)17(22)21-13-3-5-14(6-4-13)26(20,23)24/h2-9H,1H3,(H,21,22)(H2,20,23,24)/b12-8+. The first-order chi connectivity index (χ1) is 12.2. The molecular weight excluding hydrogens is 361 g/mol. The summed E-state index contributed by atoms with van der Waals surface area (Å²) in [6.07, 6.45) is 1.22. The number of halogens is 1. The number of primary sulfonamides is 1. The number of carbonyl (C=O) groups excluding carboxylic acids is 1. The number of rotatable bonds is 5. The Labute approximate surface area is 149 Å². The Kier molecular flexibility index (Phi) is 5.71. The van der Waals surface area contributed by atoms with Crippen LogP contribution < -0.4 is 15.2 Å². The maximum atomic E-state index is 13.7. The van der Waals surface area contributed by atoms with Crippen molar-refractivity contribution < 1.29 is 22.3 Å². The molecule has 26 heavy (non-hydrogen) atoms. The third kappa shape index (κ3) is 4.66. The van der Waals surface area contributed by atoms with Crippen LogP contribution in [0.25, 0.3) is 6.08 Å². The van der Waals surface area contributed by atoms with Crippen LogP contribution in [0.2, 0.25) is 0 Å². The zero-order valence-electron chi connectivity index (χ0n) is 13.6. The molecule has 0 saturated heterocycles. The summed E-state index contributed by atoms with van der Waals surface area (Å²) in [5.74, 6) is -1.32. The van der Waals surface area contributed by atoms with Crippen molar-refractivity contribution in [3.05, 3.63) is 59.4 Å². The number of methoxy groups -OCH3 is 1. The molecule has 9 heteroatoms. The third-order valence-electron chi connectivity index (χ3n) is 3.29. The van der Waals surface area contributed by atoms with Crippen LogP contribution in [0.1, 0.15) is 5.56 Å². The van der Waals surface area contributed by atoms with E-state index in [2.05, 4.69) is 5.32 Å². The zero-order valence-corrected chi connectivity index (χ0v) is 14.4. The molecule has 0 bridgehead atoms. The fraction of sp³-hybridized carbons (Fsp3) is 0.0588. The van der Waals surface area contributed by atoms with E-state index in [9.17, 15) is 17.6 Å². The average Bonchev–Trinajstić information content (AvgIpc) is 2.59. The van der Waals surface area contributed by atoms with Crippen LogP contribution in [-0.4, -0.2) is 21.4 Å². The molecule has 3 N–H and O–H groups in total. The molecule has 0 fully saturated rings. The Morgan fingerprint density at radius 1 is 1.27 bits per heavy atom. The van der Waals surface area contributed by atoms with Crippen molar-refractivity contribution in [3.63, 3.8) is 0 Å². The molecule has 7 nitrogen and oxygen atoms in total. The van der Waals surface area contributed by atoms with Crippen molar-refractivity contribution in [2.45, 2.75) is 4.90 Å². The van der Waals surface area contributed by atoms with Crippen LogP contribution in [0.4, 0.5) is 10.1 Å². The Balaban J connectivity index is 2.21. The van der Waals surface area contributed by atoms with E-state index in [1.165, 1.54) is 49.6 Å². The van der Waals surface area contributed by atoms with Gasteiger partial charge in [0.15, 0.2) is 11.6 Å². The van der Waals surface area contributed by atoms with Gasteiger partial charge in [-0.05, 0) is 48.0 Å². The van der Waals surface area contributed by atoms with Gasteiger partial charge in [-0.25, -0.2) is 17.9 Å². The molecule has 0 atom stereocenters. The second kappa shape index (κ2) is 7.77. The van der Waals surface area contributed by atoms with Gasteiger partial charge in [0.2, 0.25) is 10.0 Å². The summed E-state index contributed by atoms with van der Waals surface area (Å²) in [5, 5.41) is 16.6. The molecule has 0 aliphatic carbocycles. The van der Waals surface area contributed by atoms with Crippen LogP contribution in [0.15, 0.2) is 52.9 Å². The molecule has 0 unspecified atom stereocenters. The lowest BCUT2D eigenvalue weighted by Crippen LogP contribution is -2.14. The van der Waals surface area contributed by atoms with Gasteiger partial charge in [-0.15, -0.1) is 0 Å². The summed E-state index contributed by atoms with van der Waals surface area (Å²) in [4.78, 5) is 12.1. The summed E-state index contributed by atoms with van der Waals surface area (Å²) in [6.45, 7) is 0. The first-order valence-corrected chi connectivity index (χ1v) is 8.69. The van der Waals surface area contributed by atoms with E-state index in [4.69, 9.17) is 15.1 Å². The second-order valence-electron chi connectivity index (χ2n) is 5.09. The van der Waals surface area contributed by atoms with Crippen molar-refractivity contribution in [1.82, 2.24) is 0 Å². The monoisotopic (exact) mass is 375 g/mol. The van der Waals surface area contributed by atoms with Crippen molar-refractivity contribution >= 4 is 27.7 Å². The van der Waals surface area contributed by atoms with Gasteiger partial charge in [0.25, 0.3) is 5.91 Å². The highest BCUT2D eigenvalue weighted by Gasteiger charge is 2.12. The van der Waals surface area contributed by atoms with Crippen molar-refractivity contribution in [3.8, 4) is 11.8 Å². The lowest BCUT2D eigenvalue weighted by atomic mass is 10.1. The van der Waals surface area contributed by atoms with E-state index in [-0.39, 0.29) is 21.9 Å². The van der Waals surface area contributed by atoms with E-state index < -0.39 is 21.7 Å². The van der Waals surface area contributed by atoms with E-state index in [1.54, 1.807) is 6.07 Å². The Morgan fingerprint density at radius 2 is 1.92 bits per heavy atom. The van der Waals surface area contributed by atoms with Gasteiger partial charge < -0.3 is 10.1 Å². The fourth-order valence-corrected chi connectivity index (χ4v) is 2.53. The minimum Gasteiger partial charge on any atom is -0.494 e. The summed E-state index contributed by atoms with van der Waals surface area (Å²) in [7, 11) is -2.52. The highest BCUT2D eigenvalue weighted by atomic mass is 32.2. The number of nitrogens with two attached hydrogens (primary N) is 1. The number of ether oxygens (including phenoxy) is 1. The molecule has 2 aromatic rings. The van der Waals surface area contributed by atoms with Crippen LogP contribution >= 0.6 is 0 Å². The van der Waals surface area contributed by atoms with Gasteiger partial charge in [0, 0.05) is 5.69 Å². The van der Waals surface area contributed by atoms with Crippen molar-refractivity contribution in [2.75, 3.05) is 12.4 Å². The molecule has 0 spiro atoms. The van der Waals surface area contributed by atoms with Gasteiger partial charge in [-0.3, -0.25) is 4.79 Å². The van der Waals surface area contributed by atoms with Gasteiger partial charge in [0.1, 0.15) is 11.6 Å². The predicted molar refractivity (Wildman–Crippen MR) is 93.0 cm³/mol. The SMILES string of the molecule is COc1ccc(/C=C(\C#N)C(=O)Nc2ccc(S(N)(=O)=O)cc2)cc1F. The number of carbonyl (C=O) groups is 1. The van der Waals surface area contributed by atoms with E-state index >= 15 is 0 Å². The highest BCUT2D eigenvalue weighted by molar-refractivity contribution is 7.89. The Bertz CT molecular complexity index is 1010. The molecule has 134 valence electrons. The molecule has 0 radical (unpaired) electrons. The lowest BCUT2D eigenvalue weighted by molar-refractivity contribution is -0.112. The summed E-state index contributed by atoms with van der Waals surface area (Å²) < 4.78 is 40.9. The number of sulfonamides is 1. The van der Waals surface area contributed by atoms with Crippen LogP contribution in [0.5, 0.6) is 5.75 Å². The highest BCUT2D eigenvalue weighted by Crippen LogP contribution is 2.20. The van der Waals surface area contributed by atoms with Gasteiger partial charge >= 0.3 is 0 Å². The van der Waals surface area contributed by atoms with Gasteiger partial charge in [0.05, 0.1) is 12.0 Å². The number of nitrogens with one attached hydrogen (secondary N) is 1. The van der Waals surface area contributed by atoms with Gasteiger partial charge in [-0.2, -0.15) is 5.26 Å². The van der Waals surface area contributed by atoms with E-state index in [0.717, 1.165) is 6.07 Å². The van der Waals surface area contributed by atoms with Crippen molar-refractivity contribution in [1.29, 1.82) is 5.26 Å². The normalized spacial score (nSPS) is 11.5. The predicted octanol–water partition coefficient (Wildman–Crippen LogP) is 2.03. The fourth-order valence-electron chi connectivity index (χ4n) is 2.01. The largest absolute Gasteiger partial charge is 0.494 e. The number of nitrogens with zero attached hydrogens (tertiary/aromatic N) is 1. The molecule has 0 saturated carbocycles. The molecule has 0 aliphatic heterocycles. The minimum absolute atomic E-state index is 0.0417. The zero-order chi connectivity index (χ0) is 19.3. The topological polar surface area (TPSA) is 122 Å². The van der Waals surface area contributed by atoms with Crippen LogP contribution in [0, 0.1) is 17.1 Å². The van der Waals surface area contributed by atoms with E-state index in [0.29, 0.717) is 5.56 Å². The number of nitriles is 1. The number of hydrogen-bond donors (Lipinski definition) is 2. The molecule has 0 aliphatic rings. The molecule has 2 aromatic carbocycles. The molecule has 0 heterocycles. The lowest BCUT2D eigenvalue weighted by Gasteiger charge is -2.06. The third-order valence-corrected chi connectivity index (χ3v) is 4.22. The Morgan fingerprint density at radius 3 is 2.42 bits per heavy atom. The number of anilines is 1. The number of hydrogen-bond acceptors (Lipinski definition) is 5. The van der Waals surface area contributed by atoms with Gasteiger partial charge in [-0.1, -0.05) is 6.07 Å². The first-order valence-electron chi connectivity index (χ1n) is 7.14. The second-order valence-corrected chi connectivity index (χ2v) is 6.65. The van der Waals surface area contributed by atoms with Crippen LogP contribution in [0.3, 0.4) is 0 Å². The van der Waals surface area contributed by atoms with Crippen LogP contribution in [-0.2, 0) is 14.8 Å². The number of amides is 1. The maximum absolute atomic E-state index is 13.7. The quantitative estimate of drug-likeness (QED) is 0.611. The number of benzene rings is 2. The van der Waals surface area contributed by atoms with E-state index in [1.807, 2.05) is 0 Å². The minimum atomic E-state index is -3.84. The smallest absolute Gasteiger partial charge is 0.266 e. The summed E-state index contributed by atoms with van der Waals surface area (Å²) >= 11 is 0. The average molecular weight is 375 g/mol.